The SMILES string of the molecule is CC1CCCC(Nc2ncccc2OC(C)C)CC1. The molecule has 0 aliphatic heterocycles. The maximum Gasteiger partial charge on any atom is 0.168 e. The molecule has 2 rings (SSSR count). The van der Waals surface area contributed by atoms with Gasteiger partial charge in [0.05, 0.1) is 6.10 Å². The van der Waals surface area contributed by atoms with Crippen molar-refractivity contribution in [2.75, 3.05) is 5.32 Å². The highest BCUT2D eigenvalue weighted by Gasteiger charge is 2.17. The lowest BCUT2D eigenvalue weighted by atomic mass is 10.0. The lowest BCUT2D eigenvalue weighted by Crippen LogP contribution is -2.20. The Kier molecular flexibility index (Phi) is 5.06. The maximum absolute atomic E-state index is 5.81. The van der Waals surface area contributed by atoms with Crippen LogP contribution in [0.1, 0.15) is 52.9 Å². The first kappa shape index (κ1) is 14.2. The van der Waals surface area contributed by atoms with E-state index >= 15 is 0 Å². The van der Waals surface area contributed by atoms with Gasteiger partial charge in [-0.15, -0.1) is 0 Å². The van der Waals surface area contributed by atoms with Gasteiger partial charge in [-0.3, -0.25) is 0 Å². The van der Waals surface area contributed by atoms with Crippen LogP contribution in [0, 0.1) is 5.92 Å². The lowest BCUT2D eigenvalue weighted by molar-refractivity contribution is 0.242. The highest BCUT2D eigenvalue weighted by Crippen LogP contribution is 2.28. The van der Waals surface area contributed by atoms with E-state index in [1.54, 1.807) is 0 Å². The molecule has 0 spiro atoms. The highest BCUT2D eigenvalue weighted by atomic mass is 16.5. The van der Waals surface area contributed by atoms with Gasteiger partial charge in [-0.2, -0.15) is 0 Å². The van der Waals surface area contributed by atoms with E-state index in [2.05, 4.69) is 17.2 Å². The third kappa shape index (κ3) is 4.41. The predicted octanol–water partition coefficient (Wildman–Crippen LogP) is 4.25. The van der Waals surface area contributed by atoms with Crippen LogP contribution in [0.15, 0.2) is 18.3 Å². The summed E-state index contributed by atoms with van der Waals surface area (Å²) in [6, 6.07) is 4.46. The van der Waals surface area contributed by atoms with Crippen molar-refractivity contribution in [3.63, 3.8) is 0 Å². The highest BCUT2D eigenvalue weighted by molar-refractivity contribution is 5.50. The van der Waals surface area contributed by atoms with Gasteiger partial charge in [0.15, 0.2) is 11.6 Å². The van der Waals surface area contributed by atoms with Crippen LogP contribution in [0.5, 0.6) is 5.75 Å². The molecule has 0 bridgehead atoms. The summed E-state index contributed by atoms with van der Waals surface area (Å²) in [5.74, 6) is 2.63. The summed E-state index contributed by atoms with van der Waals surface area (Å²) >= 11 is 0. The van der Waals surface area contributed by atoms with Gasteiger partial charge >= 0.3 is 0 Å². The molecule has 106 valence electrons. The van der Waals surface area contributed by atoms with Crippen LogP contribution in [0.25, 0.3) is 0 Å². The molecule has 0 amide bonds. The van der Waals surface area contributed by atoms with E-state index in [0.717, 1.165) is 17.5 Å². The van der Waals surface area contributed by atoms with Gasteiger partial charge in [-0.25, -0.2) is 4.98 Å². The summed E-state index contributed by atoms with van der Waals surface area (Å²) < 4.78 is 5.81. The van der Waals surface area contributed by atoms with E-state index < -0.39 is 0 Å². The average Bonchev–Trinajstić information content (AvgIpc) is 2.56. The van der Waals surface area contributed by atoms with Crippen molar-refractivity contribution in [1.82, 2.24) is 4.98 Å². The summed E-state index contributed by atoms with van der Waals surface area (Å²) in [7, 11) is 0. The molecule has 1 N–H and O–H groups in total. The number of hydrogen-bond acceptors (Lipinski definition) is 3. The predicted molar refractivity (Wildman–Crippen MR) is 79.7 cm³/mol. The largest absolute Gasteiger partial charge is 0.487 e. The zero-order chi connectivity index (χ0) is 13.7. The Balaban J connectivity index is 2.01. The number of nitrogens with one attached hydrogen (secondary N) is 1. The molecule has 1 heterocycles. The van der Waals surface area contributed by atoms with Crippen molar-refractivity contribution < 1.29 is 4.74 Å². The first-order valence-corrected chi connectivity index (χ1v) is 7.53. The Morgan fingerprint density at radius 3 is 2.89 bits per heavy atom. The number of hydrogen-bond donors (Lipinski definition) is 1. The van der Waals surface area contributed by atoms with Gasteiger partial charge in [0.2, 0.25) is 0 Å². The van der Waals surface area contributed by atoms with Crippen LogP contribution in [0.4, 0.5) is 5.82 Å². The fourth-order valence-corrected chi connectivity index (χ4v) is 2.67. The fraction of sp³-hybridized carbons (Fsp3) is 0.688. The zero-order valence-electron chi connectivity index (χ0n) is 12.4. The Morgan fingerprint density at radius 1 is 1.26 bits per heavy atom. The molecule has 1 aliphatic rings. The van der Waals surface area contributed by atoms with Gasteiger partial charge in [0, 0.05) is 12.2 Å². The van der Waals surface area contributed by atoms with Crippen molar-refractivity contribution in [2.24, 2.45) is 5.92 Å². The van der Waals surface area contributed by atoms with Gasteiger partial charge in [-0.05, 0) is 51.2 Å². The van der Waals surface area contributed by atoms with Crippen LogP contribution in [0.3, 0.4) is 0 Å². The topological polar surface area (TPSA) is 34.2 Å². The minimum absolute atomic E-state index is 0.180. The minimum Gasteiger partial charge on any atom is -0.487 e. The van der Waals surface area contributed by atoms with Crippen molar-refractivity contribution in [2.45, 2.75) is 65.0 Å². The number of nitrogens with zero attached hydrogens (tertiary/aromatic N) is 1. The summed E-state index contributed by atoms with van der Waals surface area (Å²) in [6.45, 7) is 6.45. The summed E-state index contributed by atoms with van der Waals surface area (Å²) in [6.07, 6.45) is 8.46. The molecule has 3 nitrogen and oxygen atoms in total. The first-order chi connectivity index (χ1) is 9.15. The molecule has 1 saturated carbocycles. The molecule has 2 unspecified atom stereocenters. The number of anilines is 1. The molecule has 2 atom stereocenters. The second-order valence-electron chi connectivity index (χ2n) is 5.97. The van der Waals surface area contributed by atoms with Crippen LogP contribution in [-0.4, -0.2) is 17.1 Å². The van der Waals surface area contributed by atoms with E-state index in [9.17, 15) is 0 Å². The van der Waals surface area contributed by atoms with Gasteiger partial charge in [-0.1, -0.05) is 19.8 Å². The van der Waals surface area contributed by atoms with Gasteiger partial charge in [0.1, 0.15) is 0 Å². The smallest absolute Gasteiger partial charge is 0.168 e. The van der Waals surface area contributed by atoms with Crippen LogP contribution < -0.4 is 10.1 Å². The van der Waals surface area contributed by atoms with Crippen molar-refractivity contribution in [3.05, 3.63) is 18.3 Å². The van der Waals surface area contributed by atoms with E-state index in [0.29, 0.717) is 6.04 Å². The summed E-state index contributed by atoms with van der Waals surface area (Å²) in [5.41, 5.74) is 0. The molecule has 0 saturated heterocycles. The minimum atomic E-state index is 0.180. The Labute approximate surface area is 116 Å². The number of pyridine rings is 1. The van der Waals surface area contributed by atoms with Gasteiger partial charge in [0.25, 0.3) is 0 Å². The second kappa shape index (κ2) is 6.78. The van der Waals surface area contributed by atoms with Crippen LogP contribution in [0.2, 0.25) is 0 Å². The normalized spacial score (nSPS) is 24.0. The van der Waals surface area contributed by atoms with E-state index in [4.69, 9.17) is 4.74 Å². The molecular formula is C16H26N2O. The van der Waals surface area contributed by atoms with E-state index in [-0.39, 0.29) is 6.10 Å². The Bertz CT molecular complexity index is 392. The van der Waals surface area contributed by atoms with Crippen LogP contribution >= 0.6 is 0 Å². The molecule has 0 aromatic carbocycles. The molecular weight excluding hydrogens is 236 g/mol. The third-order valence-corrected chi connectivity index (χ3v) is 3.73. The van der Waals surface area contributed by atoms with E-state index in [1.165, 1.54) is 32.1 Å². The quantitative estimate of drug-likeness (QED) is 0.824. The van der Waals surface area contributed by atoms with Crippen molar-refractivity contribution >= 4 is 5.82 Å². The summed E-state index contributed by atoms with van der Waals surface area (Å²) in [5, 5.41) is 3.58. The molecule has 1 aromatic heterocycles. The number of aromatic nitrogens is 1. The first-order valence-electron chi connectivity index (χ1n) is 7.53. The average molecular weight is 262 g/mol. The maximum atomic E-state index is 5.81. The molecule has 1 aliphatic carbocycles. The number of rotatable bonds is 4. The Hall–Kier alpha value is -1.25. The standard InChI is InChI=1S/C16H26N2O/c1-12(2)19-15-8-5-11-17-16(15)18-14-7-4-6-13(3)9-10-14/h5,8,11-14H,4,6-7,9-10H2,1-3H3,(H,17,18). The monoisotopic (exact) mass is 262 g/mol. The number of ether oxygens (including phenoxy) is 1. The molecule has 3 heteroatoms. The Morgan fingerprint density at radius 2 is 2.11 bits per heavy atom. The zero-order valence-corrected chi connectivity index (χ0v) is 12.4. The fourth-order valence-electron chi connectivity index (χ4n) is 2.67. The van der Waals surface area contributed by atoms with E-state index in [1.807, 2.05) is 32.2 Å². The molecule has 0 radical (unpaired) electrons. The van der Waals surface area contributed by atoms with Gasteiger partial charge < -0.3 is 10.1 Å². The third-order valence-electron chi connectivity index (χ3n) is 3.73. The molecule has 19 heavy (non-hydrogen) atoms. The lowest BCUT2D eigenvalue weighted by Gasteiger charge is -2.20. The molecule has 1 aromatic rings. The van der Waals surface area contributed by atoms with Crippen LogP contribution in [-0.2, 0) is 0 Å². The molecule has 1 fully saturated rings. The van der Waals surface area contributed by atoms with Crippen molar-refractivity contribution in [1.29, 1.82) is 0 Å². The van der Waals surface area contributed by atoms with Crippen molar-refractivity contribution in [3.8, 4) is 5.75 Å². The second-order valence-corrected chi connectivity index (χ2v) is 5.97. The summed E-state index contributed by atoms with van der Waals surface area (Å²) in [4.78, 5) is 4.44.